The summed E-state index contributed by atoms with van der Waals surface area (Å²) in [5.41, 5.74) is 5.41. The van der Waals surface area contributed by atoms with Gasteiger partial charge >= 0.3 is 0 Å². The highest BCUT2D eigenvalue weighted by molar-refractivity contribution is 5.94. The predicted octanol–water partition coefficient (Wildman–Crippen LogP) is 5.33. The lowest BCUT2D eigenvalue weighted by Crippen LogP contribution is -2.49. The minimum absolute atomic E-state index is 0.0242. The lowest BCUT2D eigenvalue weighted by molar-refractivity contribution is -0.117. The van der Waals surface area contributed by atoms with Crippen molar-refractivity contribution in [3.63, 3.8) is 0 Å². The van der Waals surface area contributed by atoms with E-state index in [1.807, 2.05) is 38.4 Å². The third-order valence-corrected chi connectivity index (χ3v) is 7.26. The molecule has 0 radical (unpaired) electrons. The standard InChI is InChI=1S/C31H36N6O/c1-4-7-26(24-10-12-32-13-11-24)30-27-8-5-6-9-28(27)31(35-34-30)37-16-14-36(15-17-37)21-29(38)33-25-19-22(2)18-23(3)20-25/h5-6,8-13,18-20,26H,4,7,14-17,21H2,1-3H3,(H,33,38). The van der Waals surface area contributed by atoms with Crippen LogP contribution in [0.4, 0.5) is 11.5 Å². The summed E-state index contributed by atoms with van der Waals surface area (Å²) in [4.78, 5) is 21.4. The van der Waals surface area contributed by atoms with Crippen molar-refractivity contribution in [2.24, 2.45) is 0 Å². The van der Waals surface area contributed by atoms with E-state index in [9.17, 15) is 4.79 Å². The first kappa shape index (κ1) is 25.8. The number of benzene rings is 2. The lowest BCUT2D eigenvalue weighted by Gasteiger charge is -2.35. The molecule has 38 heavy (non-hydrogen) atoms. The number of aromatic nitrogens is 3. The van der Waals surface area contributed by atoms with Crippen LogP contribution in [-0.4, -0.2) is 58.7 Å². The first-order valence-electron chi connectivity index (χ1n) is 13.5. The second-order valence-electron chi connectivity index (χ2n) is 10.3. The van der Waals surface area contributed by atoms with Gasteiger partial charge in [0, 0.05) is 61.0 Å². The van der Waals surface area contributed by atoms with E-state index in [-0.39, 0.29) is 11.8 Å². The Kier molecular flexibility index (Phi) is 7.94. The van der Waals surface area contributed by atoms with Gasteiger partial charge in [0.25, 0.3) is 0 Å². The zero-order valence-corrected chi connectivity index (χ0v) is 22.5. The third-order valence-electron chi connectivity index (χ3n) is 7.26. The second kappa shape index (κ2) is 11.7. The highest BCUT2D eigenvalue weighted by Gasteiger charge is 2.25. The summed E-state index contributed by atoms with van der Waals surface area (Å²) in [5.74, 6) is 1.13. The molecule has 0 saturated carbocycles. The summed E-state index contributed by atoms with van der Waals surface area (Å²) in [7, 11) is 0. The van der Waals surface area contributed by atoms with Gasteiger partial charge in [-0.1, -0.05) is 43.7 Å². The SMILES string of the molecule is CCCC(c1ccncc1)c1nnc(N2CCN(CC(=O)Nc3cc(C)cc(C)c3)CC2)c2ccccc12. The average Bonchev–Trinajstić information content (AvgIpc) is 2.92. The molecule has 196 valence electrons. The summed E-state index contributed by atoms with van der Waals surface area (Å²) < 4.78 is 0. The normalized spacial score (nSPS) is 15.0. The Morgan fingerprint density at radius 1 is 0.921 bits per heavy atom. The number of nitrogens with one attached hydrogen (secondary N) is 1. The number of rotatable bonds is 8. The number of aryl methyl sites for hydroxylation is 2. The third kappa shape index (κ3) is 5.83. The van der Waals surface area contributed by atoms with Crippen molar-refractivity contribution in [1.82, 2.24) is 20.1 Å². The van der Waals surface area contributed by atoms with E-state index in [1.54, 1.807) is 0 Å². The van der Waals surface area contributed by atoms with E-state index in [1.165, 1.54) is 5.56 Å². The summed E-state index contributed by atoms with van der Waals surface area (Å²) in [6, 6.07) is 18.8. The lowest BCUT2D eigenvalue weighted by atomic mass is 9.89. The van der Waals surface area contributed by atoms with Gasteiger partial charge in [-0.15, -0.1) is 5.10 Å². The fourth-order valence-electron chi connectivity index (χ4n) is 5.52. The summed E-state index contributed by atoms with van der Waals surface area (Å²) in [5, 5.41) is 14.9. The summed E-state index contributed by atoms with van der Waals surface area (Å²) in [6.45, 7) is 9.89. The molecule has 1 amide bonds. The molecule has 4 aromatic rings. The van der Waals surface area contributed by atoms with Crippen LogP contribution in [0.25, 0.3) is 10.8 Å². The van der Waals surface area contributed by atoms with E-state index in [4.69, 9.17) is 10.2 Å². The van der Waals surface area contributed by atoms with E-state index in [0.717, 1.165) is 78.1 Å². The minimum Gasteiger partial charge on any atom is -0.352 e. The molecule has 1 fully saturated rings. The molecule has 3 heterocycles. The highest BCUT2D eigenvalue weighted by atomic mass is 16.2. The molecule has 7 heteroatoms. The van der Waals surface area contributed by atoms with Gasteiger partial charge < -0.3 is 10.2 Å². The Bertz CT molecular complexity index is 1380. The summed E-state index contributed by atoms with van der Waals surface area (Å²) >= 11 is 0. The Balaban J connectivity index is 1.29. The van der Waals surface area contributed by atoms with E-state index >= 15 is 0 Å². The van der Waals surface area contributed by atoms with Gasteiger partial charge in [-0.05, 0) is 61.2 Å². The van der Waals surface area contributed by atoms with Crippen molar-refractivity contribution < 1.29 is 4.79 Å². The Labute approximate surface area is 224 Å². The molecular weight excluding hydrogens is 472 g/mol. The number of carbonyl (C=O) groups excluding carboxylic acids is 1. The van der Waals surface area contributed by atoms with Crippen LogP contribution < -0.4 is 10.2 Å². The molecule has 0 aliphatic carbocycles. The van der Waals surface area contributed by atoms with Crippen molar-refractivity contribution in [3.8, 4) is 0 Å². The molecule has 1 aliphatic heterocycles. The molecule has 0 bridgehead atoms. The van der Waals surface area contributed by atoms with E-state index in [0.29, 0.717) is 6.54 Å². The largest absolute Gasteiger partial charge is 0.352 e. The molecule has 1 aliphatic rings. The van der Waals surface area contributed by atoms with Gasteiger partial charge in [-0.3, -0.25) is 14.7 Å². The zero-order valence-electron chi connectivity index (χ0n) is 22.5. The van der Waals surface area contributed by atoms with Crippen molar-refractivity contribution in [2.45, 2.75) is 39.5 Å². The topological polar surface area (TPSA) is 74.2 Å². The number of hydrogen-bond acceptors (Lipinski definition) is 6. The van der Waals surface area contributed by atoms with Gasteiger partial charge in [0.15, 0.2) is 5.82 Å². The number of hydrogen-bond donors (Lipinski definition) is 1. The van der Waals surface area contributed by atoms with Crippen LogP contribution >= 0.6 is 0 Å². The summed E-state index contributed by atoms with van der Waals surface area (Å²) in [6.07, 6.45) is 5.77. The monoisotopic (exact) mass is 508 g/mol. The number of carbonyl (C=O) groups is 1. The molecule has 2 aromatic carbocycles. The Morgan fingerprint density at radius 3 is 2.29 bits per heavy atom. The highest BCUT2D eigenvalue weighted by Crippen LogP contribution is 2.35. The fraction of sp³-hybridized carbons (Fsp3) is 0.355. The molecule has 1 saturated heterocycles. The Hall–Kier alpha value is -3.84. The molecule has 0 spiro atoms. The molecule has 5 rings (SSSR count). The van der Waals surface area contributed by atoms with Gasteiger partial charge in [0.05, 0.1) is 12.2 Å². The number of nitrogens with zero attached hydrogens (tertiary/aromatic N) is 5. The molecule has 7 nitrogen and oxygen atoms in total. The maximum absolute atomic E-state index is 12.7. The average molecular weight is 509 g/mol. The van der Waals surface area contributed by atoms with Crippen molar-refractivity contribution >= 4 is 28.2 Å². The van der Waals surface area contributed by atoms with Crippen LogP contribution in [0, 0.1) is 13.8 Å². The van der Waals surface area contributed by atoms with Crippen LogP contribution in [0.5, 0.6) is 0 Å². The molecule has 1 atom stereocenters. The molecule has 1 unspecified atom stereocenters. The van der Waals surface area contributed by atoms with Crippen molar-refractivity contribution in [3.05, 3.63) is 89.4 Å². The quantitative estimate of drug-likeness (QED) is 0.347. The first-order chi connectivity index (χ1) is 18.5. The number of anilines is 2. The smallest absolute Gasteiger partial charge is 0.238 e. The van der Waals surface area contributed by atoms with Gasteiger partial charge in [0.1, 0.15) is 0 Å². The maximum atomic E-state index is 12.7. The number of fused-ring (bicyclic) bond motifs is 1. The van der Waals surface area contributed by atoms with Crippen molar-refractivity contribution in [1.29, 1.82) is 0 Å². The number of amides is 1. The van der Waals surface area contributed by atoms with Crippen LogP contribution in [0.15, 0.2) is 67.0 Å². The maximum Gasteiger partial charge on any atom is 0.238 e. The zero-order chi connectivity index (χ0) is 26.5. The minimum atomic E-state index is 0.0242. The fourth-order valence-corrected chi connectivity index (χ4v) is 5.52. The van der Waals surface area contributed by atoms with E-state index in [2.05, 4.69) is 69.5 Å². The predicted molar refractivity (Wildman–Crippen MR) is 154 cm³/mol. The van der Waals surface area contributed by atoms with Crippen LogP contribution in [0.3, 0.4) is 0 Å². The Morgan fingerprint density at radius 2 is 1.61 bits per heavy atom. The molecule has 2 aromatic heterocycles. The van der Waals surface area contributed by atoms with Crippen molar-refractivity contribution in [2.75, 3.05) is 42.9 Å². The number of pyridine rings is 1. The van der Waals surface area contributed by atoms with Crippen LogP contribution in [0.2, 0.25) is 0 Å². The van der Waals surface area contributed by atoms with Gasteiger partial charge in [0.2, 0.25) is 5.91 Å². The molecule has 1 N–H and O–H groups in total. The molecular formula is C31H36N6O. The van der Waals surface area contributed by atoms with E-state index < -0.39 is 0 Å². The second-order valence-corrected chi connectivity index (χ2v) is 10.3. The van der Waals surface area contributed by atoms with Crippen LogP contribution in [0.1, 0.15) is 48.1 Å². The van der Waals surface area contributed by atoms with Gasteiger partial charge in [-0.2, -0.15) is 5.10 Å². The van der Waals surface area contributed by atoms with Crippen LogP contribution in [-0.2, 0) is 4.79 Å². The van der Waals surface area contributed by atoms with Gasteiger partial charge in [-0.25, -0.2) is 0 Å². The number of piperazine rings is 1. The first-order valence-corrected chi connectivity index (χ1v) is 13.5.